The van der Waals surface area contributed by atoms with Gasteiger partial charge in [-0.15, -0.1) is 5.10 Å². The monoisotopic (exact) mass is 339 g/mol. The molecule has 3 N–H and O–H groups in total. The summed E-state index contributed by atoms with van der Waals surface area (Å²) < 4.78 is 32.8. The zero-order chi connectivity index (χ0) is 16.4. The zero-order valence-corrected chi connectivity index (χ0v) is 12.8. The molecule has 0 aliphatic rings. The molecule has 0 saturated heterocycles. The fourth-order valence-corrected chi connectivity index (χ4v) is 2.14. The Hall–Kier alpha value is -2.73. The Morgan fingerprint density at radius 1 is 1.39 bits per heavy atom. The van der Waals surface area contributed by atoms with E-state index >= 15 is 0 Å². The van der Waals surface area contributed by atoms with Crippen molar-refractivity contribution in [1.29, 1.82) is 0 Å². The van der Waals surface area contributed by atoms with Gasteiger partial charge in [-0.25, -0.2) is 0 Å². The van der Waals surface area contributed by atoms with E-state index in [0.29, 0.717) is 11.6 Å². The van der Waals surface area contributed by atoms with Gasteiger partial charge in [0.25, 0.3) is 15.9 Å². The van der Waals surface area contributed by atoms with E-state index in [0.717, 1.165) is 6.26 Å². The van der Waals surface area contributed by atoms with Gasteiger partial charge in [0, 0.05) is 6.54 Å². The van der Waals surface area contributed by atoms with Crippen LogP contribution in [-0.2, 0) is 14.3 Å². The van der Waals surface area contributed by atoms with E-state index in [9.17, 15) is 8.42 Å². The van der Waals surface area contributed by atoms with Crippen molar-refractivity contribution in [2.45, 2.75) is 0 Å². The smallest absolute Gasteiger partial charge is 0.264 e. The third-order valence-electron chi connectivity index (χ3n) is 2.66. The minimum absolute atomic E-state index is 0.0579. The van der Waals surface area contributed by atoms with E-state index in [1.165, 1.54) is 10.8 Å². The molecule has 12 heteroatoms. The van der Waals surface area contributed by atoms with Gasteiger partial charge in [-0.05, 0) is 12.1 Å². The maximum atomic E-state index is 10.9. The second-order valence-electron chi connectivity index (χ2n) is 4.48. The molecule has 0 bridgehead atoms. The molecule has 0 fully saturated rings. The van der Waals surface area contributed by atoms with Crippen LogP contribution in [0.4, 0.5) is 11.9 Å². The molecule has 0 unspecified atom stereocenters. The van der Waals surface area contributed by atoms with Crippen molar-refractivity contribution >= 4 is 27.8 Å². The summed E-state index contributed by atoms with van der Waals surface area (Å²) in [5.74, 6) is 1.30. The number of nitrogens with zero attached hydrogens (tertiary/aromatic N) is 5. The van der Waals surface area contributed by atoms with Gasteiger partial charge in [0.1, 0.15) is 0 Å². The van der Waals surface area contributed by atoms with Gasteiger partial charge in [0.15, 0.2) is 5.76 Å². The topological polar surface area (TPSA) is 151 Å². The van der Waals surface area contributed by atoms with Gasteiger partial charge in [0.2, 0.25) is 17.7 Å². The minimum Gasteiger partial charge on any atom is -0.461 e. The number of hydrogen-bond donors (Lipinski definition) is 2. The Kier molecular flexibility index (Phi) is 3.83. The maximum Gasteiger partial charge on any atom is 0.264 e. The Labute approximate surface area is 130 Å². The number of aromatic nitrogens is 5. The van der Waals surface area contributed by atoms with Crippen LogP contribution in [0.5, 0.6) is 0 Å². The van der Waals surface area contributed by atoms with E-state index in [-0.39, 0.29) is 30.8 Å². The van der Waals surface area contributed by atoms with Gasteiger partial charge in [-0.3, -0.25) is 4.18 Å². The summed E-state index contributed by atoms with van der Waals surface area (Å²) in [4.78, 5) is 12.4. The molecule has 3 aromatic rings. The number of nitrogens with one attached hydrogen (secondary N) is 1. The first-order valence-electron chi connectivity index (χ1n) is 6.45. The van der Waals surface area contributed by atoms with Gasteiger partial charge in [-0.2, -0.15) is 27.9 Å². The molecular formula is C11H13N7O4S. The molecule has 23 heavy (non-hydrogen) atoms. The first kappa shape index (κ1) is 15.2. The number of fused-ring (bicyclic) bond motifs is 1. The zero-order valence-electron chi connectivity index (χ0n) is 12.0. The third kappa shape index (κ3) is 3.54. The lowest BCUT2D eigenvalue weighted by Crippen LogP contribution is -2.16. The second-order valence-corrected chi connectivity index (χ2v) is 6.13. The summed E-state index contributed by atoms with van der Waals surface area (Å²) in [6, 6.07) is 3.42. The molecule has 0 atom stereocenters. The number of nitrogens with two attached hydrogens (primary N) is 1. The van der Waals surface area contributed by atoms with Crippen LogP contribution in [0.2, 0.25) is 0 Å². The first-order chi connectivity index (χ1) is 10.9. The summed E-state index contributed by atoms with van der Waals surface area (Å²) >= 11 is 0. The quantitative estimate of drug-likeness (QED) is 0.454. The maximum absolute atomic E-state index is 10.9. The molecule has 0 aliphatic heterocycles. The summed E-state index contributed by atoms with van der Waals surface area (Å²) in [6.45, 7) is 0.124. The van der Waals surface area contributed by atoms with Gasteiger partial charge >= 0.3 is 0 Å². The lowest BCUT2D eigenvalue weighted by molar-refractivity contribution is 0.335. The average Bonchev–Trinajstić information content (AvgIpc) is 3.11. The SMILES string of the molecule is CS(=O)(=O)OCCNc1nc(N)n2nc(-c3ccco3)nc2n1. The molecule has 0 spiro atoms. The van der Waals surface area contributed by atoms with Crippen molar-refractivity contribution in [3.8, 4) is 11.6 Å². The molecule has 3 heterocycles. The summed E-state index contributed by atoms with van der Waals surface area (Å²) in [5, 5.41) is 6.95. The number of hydrogen-bond acceptors (Lipinski definition) is 10. The number of nitrogen functional groups attached to an aromatic ring is 1. The summed E-state index contributed by atoms with van der Waals surface area (Å²) in [6.07, 6.45) is 2.48. The standard InChI is InChI=1S/C11H13N7O4S/c1-23(19,20)22-6-4-13-10-15-9(12)18-11(16-10)14-8(17-18)7-3-2-5-21-7/h2-3,5H,4,6H2,1H3,(H3,12,13,14,15,16,17). The molecule has 0 amide bonds. The first-order valence-corrected chi connectivity index (χ1v) is 8.26. The summed E-state index contributed by atoms with van der Waals surface area (Å²) in [7, 11) is -3.49. The molecule has 0 aromatic carbocycles. The number of anilines is 2. The van der Waals surface area contributed by atoms with E-state index in [2.05, 4.69) is 29.6 Å². The molecule has 0 aliphatic carbocycles. The van der Waals surface area contributed by atoms with Gasteiger partial charge in [0.05, 0.1) is 19.1 Å². The predicted octanol–water partition coefficient (Wildman–Crippen LogP) is -0.250. The number of furan rings is 1. The lowest BCUT2D eigenvalue weighted by atomic mass is 10.4. The second kappa shape index (κ2) is 5.81. The normalized spacial score (nSPS) is 11.9. The van der Waals surface area contributed by atoms with Crippen molar-refractivity contribution < 1.29 is 17.0 Å². The molecule has 0 radical (unpaired) electrons. The molecule has 11 nitrogen and oxygen atoms in total. The Balaban J connectivity index is 1.78. The van der Waals surface area contributed by atoms with Crippen LogP contribution in [0, 0.1) is 0 Å². The third-order valence-corrected chi connectivity index (χ3v) is 3.25. The van der Waals surface area contributed by atoms with Crippen LogP contribution in [0.3, 0.4) is 0 Å². The fourth-order valence-electron chi connectivity index (χ4n) is 1.75. The molecule has 0 saturated carbocycles. The summed E-state index contributed by atoms with van der Waals surface area (Å²) in [5.41, 5.74) is 5.81. The van der Waals surface area contributed by atoms with Crippen LogP contribution < -0.4 is 11.1 Å². The Morgan fingerprint density at radius 3 is 2.91 bits per heavy atom. The average molecular weight is 339 g/mol. The van der Waals surface area contributed by atoms with E-state index < -0.39 is 10.1 Å². The van der Waals surface area contributed by atoms with Crippen LogP contribution in [0.25, 0.3) is 17.4 Å². The van der Waals surface area contributed by atoms with Crippen molar-refractivity contribution in [1.82, 2.24) is 24.6 Å². The van der Waals surface area contributed by atoms with Crippen molar-refractivity contribution in [3.05, 3.63) is 18.4 Å². The van der Waals surface area contributed by atoms with Crippen LogP contribution in [-0.4, -0.2) is 52.4 Å². The van der Waals surface area contributed by atoms with Crippen molar-refractivity contribution in [2.24, 2.45) is 0 Å². The fraction of sp³-hybridized carbons (Fsp3) is 0.273. The largest absolute Gasteiger partial charge is 0.461 e. The van der Waals surface area contributed by atoms with Crippen LogP contribution in [0.15, 0.2) is 22.8 Å². The van der Waals surface area contributed by atoms with E-state index in [4.69, 9.17) is 10.2 Å². The van der Waals surface area contributed by atoms with Crippen LogP contribution in [0.1, 0.15) is 0 Å². The van der Waals surface area contributed by atoms with Gasteiger partial charge < -0.3 is 15.5 Å². The van der Waals surface area contributed by atoms with Gasteiger partial charge in [-0.1, -0.05) is 0 Å². The minimum atomic E-state index is -3.49. The Morgan fingerprint density at radius 2 is 2.22 bits per heavy atom. The lowest BCUT2D eigenvalue weighted by Gasteiger charge is -2.05. The predicted molar refractivity (Wildman–Crippen MR) is 80.0 cm³/mol. The number of rotatable bonds is 6. The van der Waals surface area contributed by atoms with E-state index in [1.807, 2.05) is 0 Å². The van der Waals surface area contributed by atoms with Crippen molar-refractivity contribution in [3.63, 3.8) is 0 Å². The highest BCUT2D eigenvalue weighted by atomic mass is 32.2. The molecule has 3 rings (SSSR count). The highest BCUT2D eigenvalue weighted by Crippen LogP contribution is 2.17. The Bertz CT molecular complexity index is 919. The molecular weight excluding hydrogens is 326 g/mol. The van der Waals surface area contributed by atoms with Crippen molar-refractivity contribution in [2.75, 3.05) is 30.5 Å². The highest BCUT2D eigenvalue weighted by Gasteiger charge is 2.13. The highest BCUT2D eigenvalue weighted by molar-refractivity contribution is 7.85. The van der Waals surface area contributed by atoms with Crippen LogP contribution >= 0.6 is 0 Å². The molecule has 3 aromatic heterocycles. The van der Waals surface area contributed by atoms with E-state index in [1.54, 1.807) is 12.1 Å². The molecule has 122 valence electrons.